The lowest BCUT2D eigenvalue weighted by molar-refractivity contribution is 0.00714. The average Bonchev–Trinajstić information content (AvgIpc) is 2.92. The van der Waals surface area contributed by atoms with Crippen molar-refractivity contribution in [3.05, 3.63) is 24.0 Å². The number of aryl methyl sites for hydroxylation is 1. The molecule has 0 radical (unpaired) electrons. The first-order valence-corrected chi connectivity index (χ1v) is 8.49. The number of hydrogen-bond acceptors (Lipinski definition) is 3. The molecular formula is C17H29N3O. The van der Waals surface area contributed by atoms with Gasteiger partial charge in [0.25, 0.3) is 0 Å². The van der Waals surface area contributed by atoms with Crippen molar-refractivity contribution < 1.29 is 5.11 Å². The normalized spacial score (nSPS) is 28.9. The number of piperidine rings is 1. The van der Waals surface area contributed by atoms with Gasteiger partial charge in [-0.1, -0.05) is 12.8 Å². The standard InChI is InChI=1S/C17H29N3O/c1-19-9-6-14(13-19)12-18-15-7-10-20(11-8-15)16-4-2-3-5-17(16)21/h6,9,13,15-18,21H,2-5,7-8,10-12H2,1H3. The van der Waals surface area contributed by atoms with Gasteiger partial charge in [-0.3, -0.25) is 4.90 Å². The predicted molar refractivity (Wildman–Crippen MR) is 85.1 cm³/mol. The molecule has 1 aliphatic heterocycles. The highest BCUT2D eigenvalue weighted by molar-refractivity contribution is 5.09. The molecule has 1 saturated heterocycles. The quantitative estimate of drug-likeness (QED) is 0.890. The third-order valence-corrected chi connectivity index (χ3v) is 5.18. The van der Waals surface area contributed by atoms with Crippen LogP contribution in [0.1, 0.15) is 44.1 Å². The highest BCUT2D eigenvalue weighted by atomic mass is 16.3. The zero-order valence-electron chi connectivity index (χ0n) is 13.2. The second kappa shape index (κ2) is 6.95. The van der Waals surface area contributed by atoms with Gasteiger partial charge in [0.15, 0.2) is 0 Å². The summed E-state index contributed by atoms with van der Waals surface area (Å²) in [5.74, 6) is 0. The van der Waals surface area contributed by atoms with Gasteiger partial charge in [-0.15, -0.1) is 0 Å². The van der Waals surface area contributed by atoms with Crippen molar-refractivity contribution in [2.24, 2.45) is 7.05 Å². The summed E-state index contributed by atoms with van der Waals surface area (Å²) in [6.07, 6.45) is 11.3. The fourth-order valence-electron chi connectivity index (χ4n) is 3.88. The summed E-state index contributed by atoms with van der Waals surface area (Å²) in [5.41, 5.74) is 1.36. The van der Waals surface area contributed by atoms with Crippen LogP contribution in [0.2, 0.25) is 0 Å². The molecule has 1 aliphatic carbocycles. The number of aliphatic hydroxyl groups excluding tert-OH is 1. The Hall–Kier alpha value is -0.840. The fraction of sp³-hybridized carbons (Fsp3) is 0.765. The molecule has 118 valence electrons. The van der Waals surface area contributed by atoms with E-state index >= 15 is 0 Å². The number of aromatic nitrogens is 1. The number of nitrogens with zero attached hydrogens (tertiary/aromatic N) is 2. The lowest BCUT2D eigenvalue weighted by Gasteiger charge is -2.41. The topological polar surface area (TPSA) is 40.4 Å². The van der Waals surface area contributed by atoms with Crippen LogP contribution in [-0.2, 0) is 13.6 Å². The smallest absolute Gasteiger partial charge is 0.0695 e. The minimum absolute atomic E-state index is 0.0902. The Bertz CT molecular complexity index is 437. The molecule has 0 spiro atoms. The van der Waals surface area contributed by atoms with Crippen molar-refractivity contribution in [2.45, 2.75) is 63.3 Å². The van der Waals surface area contributed by atoms with Gasteiger partial charge >= 0.3 is 0 Å². The summed E-state index contributed by atoms with van der Waals surface area (Å²) in [7, 11) is 2.07. The number of rotatable bonds is 4. The van der Waals surface area contributed by atoms with Gasteiger partial charge in [0, 0.05) is 51.2 Å². The van der Waals surface area contributed by atoms with Crippen molar-refractivity contribution >= 4 is 0 Å². The zero-order chi connectivity index (χ0) is 14.7. The molecule has 2 heterocycles. The number of hydrogen-bond donors (Lipinski definition) is 2. The Morgan fingerprint density at radius 3 is 2.62 bits per heavy atom. The van der Waals surface area contributed by atoms with Crippen LogP contribution in [0, 0.1) is 0 Å². The fourth-order valence-corrected chi connectivity index (χ4v) is 3.88. The molecule has 0 amide bonds. The Morgan fingerprint density at radius 2 is 1.95 bits per heavy atom. The molecule has 4 heteroatoms. The molecule has 1 saturated carbocycles. The Kier molecular flexibility index (Phi) is 4.99. The van der Waals surface area contributed by atoms with Gasteiger partial charge in [0.2, 0.25) is 0 Å². The maximum Gasteiger partial charge on any atom is 0.0695 e. The van der Waals surface area contributed by atoms with Crippen molar-refractivity contribution in [3.63, 3.8) is 0 Å². The summed E-state index contributed by atoms with van der Waals surface area (Å²) in [5, 5.41) is 13.9. The summed E-state index contributed by atoms with van der Waals surface area (Å²) >= 11 is 0. The summed E-state index contributed by atoms with van der Waals surface area (Å²) in [4.78, 5) is 2.53. The van der Waals surface area contributed by atoms with Crippen molar-refractivity contribution in [1.29, 1.82) is 0 Å². The van der Waals surface area contributed by atoms with Crippen LogP contribution in [0.3, 0.4) is 0 Å². The monoisotopic (exact) mass is 291 g/mol. The molecule has 2 atom stereocenters. The molecular weight excluding hydrogens is 262 g/mol. The van der Waals surface area contributed by atoms with Crippen molar-refractivity contribution in [2.75, 3.05) is 13.1 Å². The maximum atomic E-state index is 10.2. The second-order valence-electron chi connectivity index (χ2n) is 6.80. The van der Waals surface area contributed by atoms with Gasteiger partial charge < -0.3 is 15.0 Å². The summed E-state index contributed by atoms with van der Waals surface area (Å²) in [6, 6.07) is 3.23. The highest BCUT2D eigenvalue weighted by Gasteiger charge is 2.31. The van der Waals surface area contributed by atoms with E-state index in [1.165, 1.54) is 37.7 Å². The molecule has 21 heavy (non-hydrogen) atoms. The minimum Gasteiger partial charge on any atom is -0.391 e. The van der Waals surface area contributed by atoms with Crippen LogP contribution < -0.4 is 5.32 Å². The number of likely N-dealkylation sites (tertiary alicyclic amines) is 1. The van der Waals surface area contributed by atoms with Crippen LogP contribution in [0.25, 0.3) is 0 Å². The Labute approximate surface area is 128 Å². The summed E-state index contributed by atoms with van der Waals surface area (Å²) in [6.45, 7) is 3.24. The van der Waals surface area contributed by atoms with Gasteiger partial charge in [0.1, 0.15) is 0 Å². The Balaban J connectivity index is 1.42. The number of aliphatic hydroxyl groups is 1. The molecule has 0 aromatic carbocycles. The second-order valence-corrected chi connectivity index (χ2v) is 6.80. The molecule has 2 unspecified atom stereocenters. The van der Waals surface area contributed by atoms with Crippen molar-refractivity contribution in [1.82, 2.24) is 14.8 Å². The van der Waals surface area contributed by atoms with E-state index in [-0.39, 0.29) is 6.10 Å². The predicted octanol–water partition coefficient (Wildman–Crippen LogP) is 1.88. The first-order chi connectivity index (χ1) is 10.2. The van der Waals surface area contributed by atoms with E-state index in [0.29, 0.717) is 12.1 Å². The number of nitrogens with one attached hydrogen (secondary N) is 1. The molecule has 2 fully saturated rings. The van der Waals surface area contributed by atoms with E-state index in [9.17, 15) is 5.11 Å². The summed E-state index contributed by atoms with van der Waals surface area (Å²) < 4.78 is 2.10. The van der Waals surface area contributed by atoms with E-state index in [0.717, 1.165) is 26.1 Å². The molecule has 4 nitrogen and oxygen atoms in total. The lowest BCUT2D eigenvalue weighted by atomic mass is 9.89. The van der Waals surface area contributed by atoms with E-state index in [1.807, 2.05) is 0 Å². The molecule has 0 bridgehead atoms. The van der Waals surface area contributed by atoms with Crippen LogP contribution in [0.15, 0.2) is 18.5 Å². The molecule has 1 aromatic heterocycles. The molecule has 2 aliphatic rings. The van der Waals surface area contributed by atoms with Crippen LogP contribution in [0.4, 0.5) is 0 Å². The molecule has 2 N–H and O–H groups in total. The third-order valence-electron chi connectivity index (χ3n) is 5.18. The van der Waals surface area contributed by atoms with Gasteiger partial charge in [-0.2, -0.15) is 0 Å². The van der Waals surface area contributed by atoms with Crippen LogP contribution in [0.5, 0.6) is 0 Å². The SMILES string of the molecule is Cn1ccc(CNC2CCN(C3CCCCC3O)CC2)c1. The average molecular weight is 291 g/mol. The zero-order valence-corrected chi connectivity index (χ0v) is 13.2. The van der Waals surface area contributed by atoms with Crippen LogP contribution in [-0.4, -0.2) is 45.9 Å². The first-order valence-electron chi connectivity index (χ1n) is 8.49. The van der Waals surface area contributed by atoms with Gasteiger partial charge in [-0.05, 0) is 37.3 Å². The Morgan fingerprint density at radius 1 is 1.19 bits per heavy atom. The van der Waals surface area contributed by atoms with E-state index in [1.54, 1.807) is 0 Å². The maximum absolute atomic E-state index is 10.2. The van der Waals surface area contributed by atoms with Gasteiger partial charge in [0.05, 0.1) is 6.10 Å². The van der Waals surface area contributed by atoms with E-state index < -0.39 is 0 Å². The third kappa shape index (κ3) is 3.87. The minimum atomic E-state index is -0.0902. The largest absolute Gasteiger partial charge is 0.391 e. The van der Waals surface area contributed by atoms with Crippen molar-refractivity contribution in [3.8, 4) is 0 Å². The van der Waals surface area contributed by atoms with Gasteiger partial charge in [-0.25, -0.2) is 0 Å². The lowest BCUT2D eigenvalue weighted by Crippen LogP contribution is -2.51. The van der Waals surface area contributed by atoms with E-state index in [2.05, 4.69) is 40.3 Å². The molecule has 3 rings (SSSR count). The molecule has 1 aromatic rings. The first kappa shape index (κ1) is 15.1. The highest BCUT2D eigenvalue weighted by Crippen LogP contribution is 2.25. The van der Waals surface area contributed by atoms with E-state index in [4.69, 9.17) is 0 Å². The van der Waals surface area contributed by atoms with Crippen LogP contribution >= 0.6 is 0 Å².